The quantitative estimate of drug-likeness (QED) is 0.717. The van der Waals surface area contributed by atoms with Crippen LogP contribution >= 0.6 is 22.9 Å². The minimum Gasteiger partial charge on any atom is -0.493 e. The van der Waals surface area contributed by atoms with E-state index in [1.807, 2.05) is 6.07 Å². The number of hydrogen-bond donors (Lipinski definition) is 0. The summed E-state index contributed by atoms with van der Waals surface area (Å²) in [4.78, 5) is 25.5. The highest BCUT2D eigenvalue weighted by Gasteiger charge is 2.13. The van der Waals surface area contributed by atoms with E-state index in [0.717, 1.165) is 4.88 Å². The summed E-state index contributed by atoms with van der Waals surface area (Å²) in [6.07, 6.45) is 0.709. The lowest BCUT2D eigenvalue weighted by molar-refractivity contribution is -0.132. The van der Waals surface area contributed by atoms with E-state index in [0.29, 0.717) is 34.2 Å². The van der Waals surface area contributed by atoms with Crippen molar-refractivity contribution in [3.8, 4) is 11.5 Å². The van der Waals surface area contributed by atoms with Crippen LogP contribution in [-0.2, 0) is 11.3 Å². The molecule has 1 aromatic heterocycles. The van der Waals surface area contributed by atoms with Gasteiger partial charge in [-0.1, -0.05) is 11.6 Å². The highest BCUT2D eigenvalue weighted by atomic mass is 35.5. The predicted molar refractivity (Wildman–Crippen MR) is 89.7 cm³/mol. The molecule has 0 saturated carbocycles. The second kappa shape index (κ2) is 7.99. The van der Waals surface area contributed by atoms with Crippen molar-refractivity contribution in [3.63, 3.8) is 0 Å². The Morgan fingerprint density at radius 2 is 2.09 bits per heavy atom. The third kappa shape index (κ3) is 4.71. The van der Waals surface area contributed by atoms with Crippen molar-refractivity contribution >= 4 is 35.1 Å². The van der Waals surface area contributed by atoms with Crippen LogP contribution in [0.25, 0.3) is 0 Å². The Morgan fingerprint density at radius 3 is 2.70 bits per heavy atom. The van der Waals surface area contributed by atoms with Gasteiger partial charge in [-0.05, 0) is 30.3 Å². The molecule has 0 fully saturated rings. The third-order valence-corrected chi connectivity index (χ3v) is 4.34. The molecule has 122 valence electrons. The molecular formula is C16H16ClNO4S. The molecule has 0 aliphatic heterocycles. The molecule has 0 bridgehead atoms. The van der Waals surface area contributed by atoms with Crippen molar-refractivity contribution in [2.75, 3.05) is 20.8 Å². The molecule has 5 nitrogen and oxygen atoms in total. The van der Waals surface area contributed by atoms with Crippen LogP contribution in [0, 0.1) is 0 Å². The SMILES string of the molecule is COc1ccc(C=O)cc1OCC(=O)N(C)Cc1ccc(Cl)s1. The Labute approximate surface area is 143 Å². The molecule has 0 saturated heterocycles. The highest BCUT2D eigenvalue weighted by Crippen LogP contribution is 2.27. The summed E-state index contributed by atoms with van der Waals surface area (Å²) in [5, 5.41) is 0. The van der Waals surface area contributed by atoms with Crippen LogP contribution in [0.4, 0.5) is 0 Å². The number of thiophene rings is 1. The molecule has 0 N–H and O–H groups in total. The third-order valence-electron chi connectivity index (χ3n) is 3.12. The van der Waals surface area contributed by atoms with Gasteiger partial charge in [0.25, 0.3) is 5.91 Å². The summed E-state index contributed by atoms with van der Waals surface area (Å²) in [7, 11) is 3.19. The maximum absolute atomic E-state index is 12.1. The number of amides is 1. The maximum Gasteiger partial charge on any atom is 0.260 e. The smallest absolute Gasteiger partial charge is 0.260 e. The van der Waals surface area contributed by atoms with E-state index in [9.17, 15) is 9.59 Å². The first kappa shape index (κ1) is 17.3. The Morgan fingerprint density at radius 1 is 1.30 bits per heavy atom. The van der Waals surface area contributed by atoms with Crippen LogP contribution in [0.1, 0.15) is 15.2 Å². The molecule has 0 aliphatic rings. The van der Waals surface area contributed by atoms with E-state index in [4.69, 9.17) is 21.1 Å². The number of ether oxygens (including phenoxy) is 2. The minimum atomic E-state index is -0.187. The van der Waals surface area contributed by atoms with Gasteiger partial charge in [0.1, 0.15) is 6.29 Å². The van der Waals surface area contributed by atoms with Crippen LogP contribution in [0.3, 0.4) is 0 Å². The molecule has 7 heteroatoms. The van der Waals surface area contributed by atoms with Gasteiger partial charge in [0.15, 0.2) is 18.1 Å². The van der Waals surface area contributed by atoms with Crippen LogP contribution in [0.2, 0.25) is 4.34 Å². The number of benzene rings is 1. The van der Waals surface area contributed by atoms with Gasteiger partial charge in [-0.3, -0.25) is 9.59 Å². The van der Waals surface area contributed by atoms with Gasteiger partial charge in [-0.2, -0.15) is 0 Å². The first-order valence-corrected chi connectivity index (χ1v) is 7.97. The fourth-order valence-electron chi connectivity index (χ4n) is 1.89. The monoisotopic (exact) mass is 353 g/mol. The zero-order valence-corrected chi connectivity index (χ0v) is 14.3. The number of methoxy groups -OCH3 is 1. The Kier molecular flexibility index (Phi) is 6.01. The van der Waals surface area contributed by atoms with E-state index in [1.165, 1.54) is 24.5 Å². The summed E-state index contributed by atoms with van der Waals surface area (Å²) in [5.74, 6) is 0.641. The average molecular weight is 354 g/mol. The number of nitrogens with zero attached hydrogens (tertiary/aromatic N) is 1. The molecule has 0 aliphatic carbocycles. The van der Waals surface area contributed by atoms with Crippen molar-refractivity contribution < 1.29 is 19.1 Å². The highest BCUT2D eigenvalue weighted by molar-refractivity contribution is 7.16. The normalized spacial score (nSPS) is 10.2. The summed E-state index contributed by atoms with van der Waals surface area (Å²) in [5.41, 5.74) is 0.454. The lowest BCUT2D eigenvalue weighted by atomic mass is 10.2. The summed E-state index contributed by atoms with van der Waals surface area (Å²) in [6.45, 7) is 0.319. The number of aldehydes is 1. The Hall–Kier alpha value is -2.05. The van der Waals surface area contributed by atoms with E-state index in [1.54, 1.807) is 30.1 Å². The first-order chi connectivity index (χ1) is 11.0. The standard InChI is InChI=1S/C16H16ClNO4S/c1-18(8-12-4-6-15(17)23-12)16(20)10-22-14-7-11(9-19)3-5-13(14)21-2/h3-7,9H,8,10H2,1-2H3. The van der Waals surface area contributed by atoms with Gasteiger partial charge in [0.05, 0.1) is 18.0 Å². The van der Waals surface area contributed by atoms with Gasteiger partial charge in [-0.25, -0.2) is 0 Å². The molecule has 0 radical (unpaired) electrons. The van der Waals surface area contributed by atoms with E-state index >= 15 is 0 Å². The Bertz CT molecular complexity index is 701. The van der Waals surface area contributed by atoms with E-state index in [-0.39, 0.29) is 12.5 Å². The summed E-state index contributed by atoms with van der Waals surface area (Å²) < 4.78 is 11.3. The van der Waals surface area contributed by atoms with Crippen molar-refractivity contribution in [3.05, 3.63) is 45.1 Å². The van der Waals surface area contributed by atoms with Crippen molar-refractivity contribution in [2.45, 2.75) is 6.54 Å². The van der Waals surface area contributed by atoms with Gasteiger partial charge in [0.2, 0.25) is 0 Å². The number of likely N-dealkylation sites (N-methyl/N-ethyl adjacent to an activating group) is 1. The number of hydrogen-bond acceptors (Lipinski definition) is 5. The van der Waals surface area contributed by atoms with Crippen LogP contribution < -0.4 is 9.47 Å². The van der Waals surface area contributed by atoms with Gasteiger partial charge < -0.3 is 14.4 Å². The van der Waals surface area contributed by atoms with Crippen molar-refractivity contribution in [2.24, 2.45) is 0 Å². The van der Waals surface area contributed by atoms with Gasteiger partial charge in [0, 0.05) is 17.5 Å². The molecule has 1 aromatic carbocycles. The van der Waals surface area contributed by atoms with Gasteiger partial charge in [-0.15, -0.1) is 11.3 Å². The second-order valence-corrected chi connectivity index (χ2v) is 6.57. The van der Waals surface area contributed by atoms with Crippen LogP contribution in [0.5, 0.6) is 11.5 Å². The summed E-state index contributed by atoms with van der Waals surface area (Å²) in [6, 6.07) is 8.46. The first-order valence-electron chi connectivity index (χ1n) is 6.77. The fraction of sp³-hybridized carbons (Fsp3) is 0.250. The lowest BCUT2D eigenvalue weighted by Crippen LogP contribution is -2.30. The molecule has 1 heterocycles. The molecular weight excluding hydrogens is 338 g/mol. The number of rotatable bonds is 7. The van der Waals surface area contributed by atoms with Crippen LogP contribution in [0.15, 0.2) is 30.3 Å². The van der Waals surface area contributed by atoms with Gasteiger partial charge >= 0.3 is 0 Å². The molecule has 0 spiro atoms. The largest absolute Gasteiger partial charge is 0.493 e. The zero-order valence-electron chi connectivity index (χ0n) is 12.7. The maximum atomic E-state index is 12.1. The molecule has 0 unspecified atom stereocenters. The lowest BCUT2D eigenvalue weighted by Gasteiger charge is -2.17. The number of halogens is 1. The van der Waals surface area contributed by atoms with Crippen molar-refractivity contribution in [1.82, 2.24) is 4.90 Å². The van der Waals surface area contributed by atoms with E-state index in [2.05, 4.69) is 0 Å². The number of carbonyl (C=O) groups excluding carboxylic acids is 2. The van der Waals surface area contributed by atoms with Crippen LogP contribution in [-0.4, -0.2) is 37.9 Å². The zero-order chi connectivity index (χ0) is 16.8. The molecule has 2 rings (SSSR count). The van der Waals surface area contributed by atoms with E-state index < -0.39 is 0 Å². The minimum absolute atomic E-state index is 0.145. The topological polar surface area (TPSA) is 55.8 Å². The molecule has 1 amide bonds. The predicted octanol–water partition coefficient (Wildman–Crippen LogP) is 3.26. The summed E-state index contributed by atoms with van der Waals surface area (Å²) >= 11 is 7.31. The second-order valence-electron chi connectivity index (χ2n) is 4.77. The molecule has 2 aromatic rings. The Balaban J connectivity index is 1.96. The average Bonchev–Trinajstić information content (AvgIpc) is 2.96. The molecule has 23 heavy (non-hydrogen) atoms. The van der Waals surface area contributed by atoms with Crippen molar-refractivity contribution in [1.29, 1.82) is 0 Å². The number of carbonyl (C=O) groups is 2. The molecule has 0 atom stereocenters. The fourth-order valence-corrected chi connectivity index (χ4v) is 3.03.